The standard InChI is InChI=1S/C20H24OS2/c1-14(2)11-12-21-18-10-9-15(3)13-17(18)20(23)19(22)16-7-5-4-6-8-16/h4-10,13-14,22-23H,11-12H2,1-3H3/b20-19-. The molecule has 0 amide bonds. The zero-order valence-electron chi connectivity index (χ0n) is 13.9. The summed E-state index contributed by atoms with van der Waals surface area (Å²) in [5.74, 6) is 1.49. The summed E-state index contributed by atoms with van der Waals surface area (Å²) in [7, 11) is 0. The topological polar surface area (TPSA) is 9.23 Å². The largest absolute Gasteiger partial charge is 0.493 e. The van der Waals surface area contributed by atoms with Gasteiger partial charge < -0.3 is 4.74 Å². The maximum atomic E-state index is 5.99. The Kier molecular flexibility index (Phi) is 6.67. The summed E-state index contributed by atoms with van der Waals surface area (Å²) in [6, 6.07) is 16.3. The Morgan fingerprint density at radius 3 is 2.35 bits per heavy atom. The van der Waals surface area contributed by atoms with Gasteiger partial charge >= 0.3 is 0 Å². The van der Waals surface area contributed by atoms with Gasteiger partial charge in [-0.25, -0.2) is 0 Å². The van der Waals surface area contributed by atoms with Gasteiger partial charge in [-0.3, -0.25) is 0 Å². The molecule has 2 aromatic rings. The van der Waals surface area contributed by atoms with Crippen LogP contribution in [-0.4, -0.2) is 6.61 Å². The Hall–Kier alpha value is -1.32. The molecule has 23 heavy (non-hydrogen) atoms. The molecule has 0 unspecified atom stereocenters. The average Bonchev–Trinajstić information content (AvgIpc) is 2.55. The molecule has 2 rings (SSSR count). The van der Waals surface area contributed by atoms with Crippen molar-refractivity contribution in [2.75, 3.05) is 6.61 Å². The van der Waals surface area contributed by atoms with Crippen LogP contribution in [0.2, 0.25) is 0 Å². The van der Waals surface area contributed by atoms with E-state index < -0.39 is 0 Å². The second kappa shape index (κ2) is 8.51. The van der Waals surface area contributed by atoms with Gasteiger partial charge in [-0.1, -0.05) is 55.8 Å². The second-order valence-corrected chi connectivity index (χ2v) is 6.99. The quantitative estimate of drug-likeness (QED) is 0.475. The van der Waals surface area contributed by atoms with Crippen LogP contribution in [0.1, 0.15) is 37.0 Å². The minimum Gasteiger partial charge on any atom is -0.493 e. The maximum Gasteiger partial charge on any atom is 0.127 e. The van der Waals surface area contributed by atoms with Gasteiger partial charge in [-0.05, 0) is 37.0 Å². The van der Waals surface area contributed by atoms with Gasteiger partial charge in [0.15, 0.2) is 0 Å². The maximum absolute atomic E-state index is 5.99. The molecule has 0 aliphatic rings. The van der Waals surface area contributed by atoms with E-state index in [2.05, 4.69) is 45.5 Å². The van der Waals surface area contributed by atoms with Crippen LogP contribution in [0, 0.1) is 12.8 Å². The number of rotatable bonds is 6. The SMILES string of the molecule is Cc1ccc(OCCC(C)C)c(/C(S)=C(/S)c2ccccc2)c1. The normalized spacial score (nSPS) is 12.3. The van der Waals surface area contributed by atoms with Gasteiger partial charge in [0.05, 0.1) is 6.61 Å². The van der Waals surface area contributed by atoms with Crippen LogP contribution in [-0.2, 0) is 0 Å². The summed E-state index contributed by atoms with van der Waals surface area (Å²) in [6.07, 6.45) is 1.03. The number of benzene rings is 2. The third-order valence-electron chi connectivity index (χ3n) is 3.61. The van der Waals surface area contributed by atoms with Gasteiger partial charge in [0.2, 0.25) is 0 Å². The summed E-state index contributed by atoms with van der Waals surface area (Å²) in [6.45, 7) is 7.18. The fourth-order valence-electron chi connectivity index (χ4n) is 2.22. The number of hydrogen-bond donors (Lipinski definition) is 2. The van der Waals surface area contributed by atoms with E-state index in [1.165, 1.54) is 5.56 Å². The first kappa shape index (κ1) is 18.0. The molecule has 3 heteroatoms. The second-order valence-electron chi connectivity index (χ2n) is 6.09. The first-order valence-electron chi connectivity index (χ1n) is 7.90. The fourth-order valence-corrected chi connectivity index (χ4v) is 2.79. The molecule has 0 saturated heterocycles. The Labute approximate surface area is 150 Å². The molecular formula is C20H24OS2. The van der Waals surface area contributed by atoms with Crippen molar-refractivity contribution < 1.29 is 4.74 Å². The molecule has 0 bridgehead atoms. The highest BCUT2D eigenvalue weighted by Gasteiger charge is 2.11. The summed E-state index contributed by atoms with van der Waals surface area (Å²) in [5, 5.41) is 0. The Morgan fingerprint density at radius 2 is 1.70 bits per heavy atom. The van der Waals surface area contributed by atoms with Crippen LogP contribution < -0.4 is 4.74 Å². The van der Waals surface area contributed by atoms with Crippen molar-refractivity contribution in [2.45, 2.75) is 27.2 Å². The lowest BCUT2D eigenvalue weighted by Crippen LogP contribution is -2.03. The molecule has 0 aromatic heterocycles. The van der Waals surface area contributed by atoms with E-state index in [1.54, 1.807) is 0 Å². The van der Waals surface area contributed by atoms with Crippen LogP contribution >= 0.6 is 25.3 Å². The Bertz CT molecular complexity index is 675. The van der Waals surface area contributed by atoms with Gasteiger partial charge in [0.1, 0.15) is 5.75 Å². The smallest absolute Gasteiger partial charge is 0.127 e. The molecule has 122 valence electrons. The van der Waals surface area contributed by atoms with Crippen LogP contribution in [0.3, 0.4) is 0 Å². The van der Waals surface area contributed by atoms with Crippen LogP contribution in [0.15, 0.2) is 48.5 Å². The summed E-state index contributed by atoms with van der Waals surface area (Å²) in [4.78, 5) is 1.69. The molecular weight excluding hydrogens is 320 g/mol. The van der Waals surface area contributed by atoms with Gasteiger partial charge in [0.25, 0.3) is 0 Å². The summed E-state index contributed by atoms with van der Waals surface area (Å²) in [5.41, 5.74) is 3.22. The van der Waals surface area contributed by atoms with E-state index in [0.29, 0.717) is 12.5 Å². The third-order valence-corrected chi connectivity index (χ3v) is 4.74. The third kappa shape index (κ3) is 5.08. The highest BCUT2D eigenvalue weighted by Crippen LogP contribution is 2.37. The molecule has 0 aliphatic heterocycles. The minimum atomic E-state index is 0.625. The molecule has 0 heterocycles. The van der Waals surface area contributed by atoms with E-state index in [9.17, 15) is 0 Å². The van der Waals surface area contributed by atoms with E-state index in [1.807, 2.05) is 36.4 Å². The summed E-state index contributed by atoms with van der Waals surface area (Å²) >= 11 is 9.41. The molecule has 0 radical (unpaired) electrons. The van der Waals surface area contributed by atoms with E-state index >= 15 is 0 Å². The van der Waals surface area contributed by atoms with Crippen molar-refractivity contribution in [3.63, 3.8) is 0 Å². The number of thiol groups is 2. The lowest BCUT2D eigenvalue weighted by Gasteiger charge is -2.15. The van der Waals surface area contributed by atoms with Crippen molar-refractivity contribution in [3.05, 3.63) is 65.2 Å². The van der Waals surface area contributed by atoms with E-state index in [0.717, 1.165) is 33.1 Å². The lowest BCUT2D eigenvalue weighted by molar-refractivity contribution is 0.289. The van der Waals surface area contributed by atoms with Crippen molar-refractivity contribution in [1.29, 1.82) is 0 Å². The Morgan fingerprint density at radius 1 is 1.00 bits per heavy atom. The molecule has 0 fully saturated rings. The van der Waals surface area contributed by atoms with Gasteiger partial charge in [-0.2, -0.15) is 0 Å². The number of ether oxygens (including phenoxy) is 1. The van der Waals surface area contributed by atoms with Crippen molar-refractivity contribution in [1.82, 2.24) is 0 Å². The highest BCUT2D eigenvalue weighted by atomic mass is 32.1. The minimum absolute atomic E-state index is 0.625. The van der Waals surface area contributed by atoms with Gasteiger partial charge in [0, 0.05) is 15.4 Å². The van der Waals surface area contributed by atoms with Crippen molar-refractivity contribution in [3.8, 4) is 5.75 Å². The fraction of sp³-hybridized carbons (Fsp3) is 0.300. The van der Waals surface area contributed by atoms with Crippen LogP contribution in [0.4, 0.5) is 0 Å². The zero-order chi connectivity index (χ0) is 16.8. The number of hydrogen-bond acceptors (Lipinski definition) is 3. The monoisotopic (exact) mass is 344 g/mol. The molecule has 1 nitrogen and oxygen atoms in total. The molecule has 0 N–H and O–H groups in total. The number of aryl methyl sites for hydroxylation is 1. The zero-order valence-corrected chi connectivity index (χ0v) is 15.7. The van der Waals surface area contributed by atoms with Crippen molar-refractivity contribution >= 4 is 35.1 Å². The van der Waals surface area contributed by atoms with Crippen molar-refractivity contribution in [2.24, 2.45) is 5.92 Å². The average molecular weight is 345 g/mol. The molecule has 0 atom stereocenters. The Balaban J connectivity index is 2.35. The molecule has 0 aliphatic carbocycles. The predicted octanol–water partition coefficient (Wildman–Crippen LogP) is 6.11. The van der Waals surface area contributed by atoms with Gasteiger partial charge in [-0.15, -0.1) is 25.3 Å². The molecule has 0 saturated carbocycles. The predicted molar refractivity (Wildman–Crippen MR) is 107 cm³/mol. The van der Waals surface area contributed by atoms with Crippen LogP contribution in [0.5, 0.6) is 5.75 Å². The highest BCUT2D eigenvalue weighted by molar-refractivity contribution is 7.96. The van der Waals surface area contributed by atoms with Crippen LogP contribution in [0.25, 0.3) is 9.81 Å². The van der Waals surface area contributed by atoms with E-state index in [-0.39, 0.29) is 0 Å². The molecule has 0 spiro atoms. The lowest BCUT2D eigenvalue weighted by atomic mass is 10.1. The molecule has 2 aromatic carbocycles. The first-order chi connectivity index (χ1) is 11.0. The summed E-state index contributed by atoms with van der Waals surface area (Å²) < 4.78 is 5.99. The first-order valence-corrected chi connectivity index (χ1v) is 8.80. The van der Waals surface area contributed by atoms with E-state index in [4.69, 9.17) is 17.4 Å².